The van der Waals surface area contributed by atoms with Crippen molar-refractivity contribution in [3.05, 3.63) is 52.5 Å². The number of benzene rings is 2. The predicted molar refractivity (Wildman–Crippen MR) is 109 cm³/mol. The lowest BCUT2D eigenvalue weighted by molar-refractivity contribution is -0.114. The quantitative estimate of drug-likeness (QED) is 0.714. The first-order valence-corrected chi connectivity index (χ1v) is 10.7. The standard InChI is InChI=1S/C18H20Cl2N2O4S/c1-12(2)26-15-6-4-5-13(9-15)21-18(23)11-22(27(3,24)25)14-7-8-16(19)17(20)10-14/h4-10,12H,11H2,1-3H3,(H,21,23). The fraction of sp³-hybridized carbons (Fsp3) is 0.278. The van der Waals surface area contributed by atoms with E-state index in [0.29, 0.717) is 16.5 Å². The second-order valence-corrected chi connectivity index (χ2v) is 8.83. The highest BCUT2D eigenvalue weighted by molar-refractivity contribution is 7.92. The van der Waals surface area contributed by atoms with Crippen LogP contribution in [0.5, 0.6) is 5.75 Å². The minimum Gasteiger partial charge on any atom is -0.491 e. The Labute approximate surface area is 169 Å². The third-order valence-electron chi connectivity index (χ3n) is 3.37. The summed E-state index contributed by atoms with van der Waals surface area (Å²) in [6.07, 6.45) is 1.01. The van der Waals surface area contributed by atoms with Gasteiger partial charge < -0.3 is 10.1 Å². The Morgan fingerprint density at radius 1 is 1.15 bits per heavy atom. The normalized spacial score (nSPS) is 11.3. The molecule has 0 aliphatic heterocycles. The molecule has 0 aliphatic carbocycles. The highest BCUT2D eigenvalue weighted by Crippen LogP contribution is 2.28. The van der Waals surface area contributed by atoms with E-state index in [2.05, 4.69) is 5.32 Å². The molecule has 0 aliphatic rings. The Morgan fingerprint density at radius 3 is 2.44 bits per heavy atom. The van der Waals surface area contributed by atoms with E-state index >= 15 is 0 Å². The summed E-state index contributed by atoms with van der Waals surface area (Å²) in [5.41, 5.74) is 0.750. The number of sulfonamides is 1. The second kappa shape index (κ2) is 8.82. The summed E-state index contributed by atoms with van der Waals surface area (Å²) in [7, 11) is -3.71. The van der Waals surface area contributed by atoms with Crippen LogP contribution >= 0.6 is 23.2 Å². The van der Waals surface area contributed by atoms with Crippen LogP contribution in [0.25, 0.3) is 0 Å². The SMILES string of the molecule is CC(C)Oc1cccc(NC(=O)CN(c2ccc(Cl)c(Cl)c2)S(C)(=O)=O)c1. The van der Waals surface area contributed by atoms with E-state index in [0.717, 1.165) is 10.6 Å². The summed E-state index contributed by atoms with van der Waals surface area (Å²) in [5, 5.41) is 3.16. The summed E-state index contributed by atoms with van der Waals surface area (Å²) in [6, 6.07) is 11.2. The Bertz CT molecular complexity index is 933. The number of hydrogen-bond acceptors (Lipinski definition) is 4. The Balaban J connectivity index is 2.18. The maximum Gasteiger partial charge on any atom is 0.245 e. The van der Waals surface area contributed by atoms with Crippen molar-refractivity contribution in [2.75, 3.05) is 22.4 Å². The summed E-state index contributed by atoms with van der Waals surface area (Å²) in [5.74, 6) is 0.0976. The molecular weight excluding hydrogens is 411 g/mol. The van der Waals surface area contributed by atoms with Gasteiger partial charge in [-0.05, 0) is 44.2 Å². The number of nitrogens with zero attached hydrogens (tertiary/aromatic N) is 1. The molecular formula is C18H20Cl2N2O4S. The summed E-state index contributed by atoms with van der Waals surface area (Å²) in [6.45, 7) is 3.38. The lowest BCUT2D eigenvalue weighted by Crippen LogP contribution is -2.37. The van der Waals surface area contributed by atoms with Gasteiger partial charge in [0.15, 0.2) is 0 Å². The first kappa shape index (κ1) is 21.3. The largest absolute Gasteiger partial charge is 0.491 e. The van der Waals surface area contributed by atoms with E-state index in [1.165, 1.54) is 18.2 Å². The maximum absolute atomic E-state index is 12.4. The van der Waals surface area contributed by atoms with Crippen LogP contribution < -0.4 is 14.4 Å². The summed E-state index contributed by atoms with van der Waals surface area (Å²) in [4.78, 5) is 12.4. The van der Waals surface area contributed by atoms with Gasteiger partial charge in [0.25, 0.3) is 0 Å². The molecule has 9 heteroatoms. The first-order valence-electron chi connectivity index (χ1n) is 8.05. The topological polar surface area (TPSA) is 75.7 Å². The van der Waals surface area contributed by atoms with Crippen molar-refractivity contribution in [3.8, 4) is 5.75 Å². The van der Waals surface area contributed by atoms with Crippen LogP contribution in [-0.2, 0) is 14.8 Å². The lowest BCUT2D eigenvalue weighted by Gasteiger charge is -2.22. The van der Waals surface area contributed by atoms with Gasteiger partial charge in [0.1, 0.15) is 12.3 Å². The van der Waals surface area contributed by atoms with Gasteiger partial charge in [-0.25, -0.2) is 8.42 Å². The van der Waals surface area contributed by atoms with Crippen molar-refractivity contribution >= 4 is 50.5 Å². The molecule has 0 spiro atoms. The van der Waals surface area contributed by atoms with E-state index in [1.54, 1.807) is 24.3 Å². The van der Waals surface area contributed by atoms with Gasteiger partial charge >= 0.3 is 0 Å². The van der Waals surface area contributed by atoms with E-state index in [1.807, 2.05) is 13.8 Å². The van der Waals surface area contributed by atoms with Crippen LogP contribution in [-0.4, -0.2) is 33.2 Å². The van der Waals surface area contributed by atoms with Crippen LogP contribution in [0.3, 0.4) is 0 Å². The van der Waals surface area contributed by atoms with Crippen molar-refractivity contribution in [3.63, 3.8) is 0 Å². The molecule has 0 unspecified atom stereocenters. The number of anilines is 2. The van der Waals surface area contributed by atoms with Crippen molar-refractivity contribution in [1.29, 1.82) is 0 Å². The highest BCUT2D eigenvalue weighted by Gasteiger charge is 2.21. The molecule has 2 rings (SSSR count). The number of amides is 1. The predicted octanol–water partition coefficient (Wildman–Crippen LogP) is 4.19. The molecule has 2 aromatic carbocycles. The molecule has 2 aromatic rings. The number of ether oxygens (including phenoxy) is 1. The molecule has 0 saturated heterocycles. The van der Waals surface area contributed by atoms with Crippen LogP contribution in [0, 0.1) is 0 Å². The first-order chi connectivity index (χ1) is 12.6. The number of carbonyl (C=O) groups is 1. The summed E-state index contributed by atoms with van der Waals surface area (Å²) < 4.78 is 30.8. The van der Waals surface area contributed by atoms with Gasteiger partial charge in [-0.2, -0.15) is 0 Å². The molecule has 1 N–H and O–H groups in total. The van der Waals surface area contributed by atoms with Gasteiger partial charge in [-0.15, -0.1) is 0 Å². The monoisotopic (exact) mass is 430 g/mol. The van der Waals surface area contributed by atoms with Crippen molar-refractivity contribution < 1.29 is 17.9 Å². The molecule has 0 radical (unpaired) electrons. The highest BCUT2D eigenvalue weighted by atomic mass is 35.5. The number of carbonyl (C=O) groups excluding carboxylic acids is 1. The fourth-order valence-electron chi connectivity index (χ4n) is 2.29. The van der Waals surface area contributed by atoms with Gasteiger partial charge in [0.2, 0.25) is 15.9 Å². The summed E-state index contributed by atoms with van der Waals surface area (Å²) >= 11 is 11.8. The number of halogens is 2. The minimum atomic E-state index is -3.71. The molecule has 0 bridgehead atoms. The Kier molecular flexibility index (Phi) is 6.97. The molecule has 6 nitrogen and oxygen atoms in total. The molecule has 0 fully saturated rings. The van der Waals surface area contributed by atoms with Gasteiger partial charge in [0, 0.05) is 11.8 Å². The molecule has 27 heavy (non-hydrogen) atoms. The smallest absolute Gasteiger partial charge is 0.245 e. The molecule has 0 saturated carbocycles. The molecule has 0 atom stereocenters. The minimum absolute atomic E-state index is 0.00803. The van der Waals surface area contributed by atoms with E-state index in [4.69, 9.17) is 27.9 Å². The Hall–Kier alpha value is -1.96. The van der Waals surface area contributed by atoms with Gasteiger partial charge in [0.05, 0.1) is 28.1 Å². The average Bonchev–Trinajstić information content (AvgIpc) is 2.54. The number of hydrogen-bond donors (Lipinski definition) is 1. The van der Waals surface area contributed by atoms with Crippen molar-refractivity contribution in [2.45, 2.75) is 20.0 Å². The van der Waals surface area contributed by atoms with Crippen LogP contribution in [0.2, 0.25) is 10.0 Å². The second-order valence-electron chi connectivity index (χ2n) is 6.11. The van der Waals surface area contributed by atoms with E-state index in [9.17, 15) is 13.2 Å². The van der Waals surface area contributed by atoms with Crippen LogP contribution in [0.4, 0.5) is 11.4 Å². The van der Waals surface area contributed by atoms with Crippen molar-refractivity contribution in [2.24, 2.45) is 0 Å². The number of rotatable bonds is 7. The van der Waals surface area contributed by atoms with Gasteiger partial charge in [-0.3, -0.25) is 9.10 Å². The van der Waals surface area contributed by atoms with E-state index < -0.39 is 22.5 Å². The zero-order chi connectivity index (χ0) is 20.2. The zero-order valence-corrected chi connectivity index (χ0v) is 17.4. The van der Waals surface area contributed by atoms with E-state index in [-0.39, 0.29) is 16.8 Å². The van der Waals surface area contributed by atoms with Gasteiger partial charge in [-0.1, -0.05) is 29.3 Å². The Morgan fingerprint density at radius 2 is 1.85 bits per heavy atom. The molecule has 1 amide bonds. The maximum atomic E-state index is 12.4. The van der Waals surface area contributed by atoms with Crippen LogP contribution in [0.15, 0.2) is 42.5 Å². The zero-order valence-electron chi connectivity index (χ0n) is 15.1. The average molecular weight is 431 g/mol. The fourth-order valence-corrected chi connectivity index (χ4v) is 3.43. The third kappa shape index (κ3) is 6.30. The lowest BCUT2D eigenvalue weighted by atomic mass is 10.3. The number of nitrogens with one attached hydrogen (secondary N) is 1. The molecule has 0 aromatic heterocycles. The molecule has 146 valence electrons. The van der Waals surface area contributed by atoms with Crippen LogP contribution in [0.1, 0.15) is 13.8 Å². The molecule has 0 heterocycles. The van der Waals surface area contributed by atoms with Crippen molar-refractivity contribution in [1.82, 2.24) is 0 Å². The third-order valence-corrected chi connectivity index (χ3v) is 5.25.